The van der Waals surface area contributed by atoms with Crippen LogP contribution >= 0.6 is 0 Å². The number of benzene rings is 1. The maximum Gasteiger partial charge on any atom is 0.314 e. The van der Waals surface area contributed by atoms with Gasteiger partial charge in [-0.05, 0) is 25.0 Å². The number of methoxy groups -OCH3 is 1. The fourth-order valence-electron chi connectivity index (χ4n) is 2.19. The molecule has 1 aliphatic rings. The van der Waals surface area contributed by atoms with Crippen molar-refractivity contribution in [2.45, 2.75) is 18.9 Å². The van der Waals surface area contributed by atoms with E-state index in [4.69, 9.17) is 10.5 Å². The smallest absolute Gasteiger partial charge is 0.314 e. The molecule has 5 heteroatoms. The van der Waals surface area contributed by atoms with Crippen molar-refractivity contribution in [1.82, 2.24) is 4.90 Å². The number of nitrogens with one attached hydrogen (secondary N) is 1. The van der Waals surface area contributed by atoms with Crippen molar-refractivity contribution in [3.63, 3.8) is 0 Å². The molecule has 0 unspecified atom stereocenters. The van der Waals surface area contributed by atoms with Crippen molar-refractivity contribution in [2.75, 3.05) is 25.5 Å². The van der Waals surface area contributed by atoms with Crippen molar-refractivity contribution >= 4 is 11.7 Å². The second-order valence-electron chi connectivity index (χ2n) is 4.48. The van der Waals surface area contributed by atoms with Crippen LogP contribution in [0.2, 0.25) is 0 Å². The van der Waals surface area contributed by atoms with E-state index >= 15 is 0 Å². The van der Waals surface area contributed by atoms with Gasteiger partial charge in [-0.15, -0.1) is 0 Å². The molecule has 0 bridgehead atoms. The van der Waals surface area contributed by atoms with E-state index in [0.29, 0.717) is 6.04 Å². The molecule has 1 heterocycles. The number of amides is 2. The number of nitrogens with two attached hydrogens (primary N) is 1. The highest BCUT2D eigenvalue weighted by molar-refractivity contribution is 5.72. The molecule has 98 valence electrons. The summed E-state index contributed by atoms with van der Waals surface area (Å²) in [6.45, 7) is 1.44. The quantitative estimate of drug-likeness (QED) is 0.856. The molecule has 0 aromatic heterocycles. The van der Waals surface area contributed by atoms with Gasteiger partial charge in [-0.1, -0.05) is 6.07 Å². The van der Waals surface area contributed by atoms with E-state index in [0.717, 1.165) is 37.4 Å². The number of anilines is 1. The summed E-state index contributed by atoms with van der Waals surface area (Å²) in [6, 6.07) is 7.92. The molecule has 1 aromatic carbocycles. The van der Waals surface area contributed by atoms with Crippen LogP contribution in [-0.4, -0.2) is 37.2 Å². The Morgan fingerprint density at radius 1 is 1.44 bits per heavy atom. The average Bonchev–Trinajstić information content (AvgIpc) is 2.39. The fourth-order valence-corrected chi connectivity index (χ4v) is 2.19. The predicted molar refractivity (Wildman–Crippen MR) is 70.8 cm³/mol. The summed E-state index contributed by atoms with van der Waals surface area (Å²) < 4.78 is 5.18. The Morgan fingerprint density at radius 2 is 2.17 bits per heavy atom. The van der Waals surface area contributed by atoms with Crippen molar-refractivity contribution in [3.8, 4) is 5.75 Å². The van der Waals surface area contributed by atoms with Gasteiger partial charge in [0.15, 0.2) is 0 Å². The molecule has 3 N–H and O–H groups in total. The maximum atomic E-state index is 11.0. The summed E-state index contributed by atoms with van der Waals surface area (Å²) in [4.78, 5) is 12.7. The van der Waals surface area contributed by atoms with Crippen LogP contribution in [0.4, 0.5) is 10.5 Å². The molecule has 18 heavy (non-hydrogen) atoms. The third-order valence-electron chi connectivity index (χ3n) is 3.25. The lowest BCUT2D eigenvalue weighted by Gasteiger charge is -2.31. The number of nitrogens with zero attached hydrogens (tertiary/aromatic N) is 1. The van der Waals surface area contributed by atoms with Gasteiger partial charge in [0, 0.05) is 30.9 Å². The predicted octanol–water partition coefficient (Wildman–Crippen LogP) is 1.65. The minimum absolute atomic E-state index is 0.324. The number of hydrogen-bond acceptors (Lipinski definition) is 3. The van der Waals surface area contributed by atoms with Crippen LogP contribution in [0.5, 0.6) is 5.75 Å². The van der Waals surface area contributed by atoms with Gasteiger partial charge in [-0.25, -0.2) is 4.79 Å². The second-order valence-corrected chi connectivity index (χ2v) is 4.48. The highest BCUT2D eigenvalue weighted by atomic mass is 16.5. The molecule has 0 atom stereocenters. The Hall–Kier alpha value is -1.91. The van der Waals surface area contributed by atoms with Crippen molar-refractivity contribution in [1.29, 1.82) is 0 Å². The summed E-state index contributed by atoms with van der Waals surface area (Å²) >= 11 is 0. The Balaban J connectivity index is 1.89. The van der Waals surface area contributed by atoms with E-state index in [1.165, 1.54) is 0 Å². The molecule has 0 spiro atoms. The normalized spacial score (nSPS) is 16.4. The van der Waals surface area contributed by atoms with E-state index in [9.17, 15) is 4.79 Å². The molecule has 0 radical (unpaired) electrons. The largest absolute Gasteiger partial charge is 0.497 e. The summed E-state index contributed by atoms with van der Waals surface area (Å²) in [5.74, 6) is 0.842. The van der Waals surface area contributed by atoms with E-state index < -0.39 is 0 Å². The minimum Gasteiger partial charge on any atom is -0.497 e. The van der Waals surface area contributed by atoms with Gasteiger partial charge in [0.05, 0.1) is 7.11 Å². The van der Waals surface area contributed by atoms with Crippen molar-refractivity contribution in [3.05, 3.63) is 24.3 Å². The zero-order valence-electron chi connectivity index (χ0n) is 10.6. The van der Waals surface area contributed by atoms with Crippen molar-refractivity contribution in [2.24, 2.45) is 5.73 Å². The second kappa shape index (κ2) is 5.62. The van der Waals surface area contributed by atoms with Crippen LogP contribution in [0.15, 0.2) is 24.3 Å². The summed E-state index contributed by atoms with van der Waals surface area (Å²) in [5.41, 5.74) is 6.30. The molecule has 2 amide bonds. The summed E-state index contributed by atoms with van der Waals surface area (Å²) in [6.07, 6.45) is 1.83. The number of likely N-dealkylation sites (tertiary alicyclic amines) is 1. The maximum absolute atomic E-state index is 11.0. The van der Waals surface area contributed by atoms with Crippen molar-refractivity contribution < 1.29 is 9.53 Å². The van der Waals surface area contributed by atoms with Gasteiger partial charge in [-0.3, -0.25) is 0 Å². The third-order valence-corrected chi connectivity index (χ3v) is 3.25. The minimum atomic E-state index is -0.324. The number of piperidine rings is 1. The van der Waals surface area contributed by atoms with Gasteiger partial charge >= 0.3 is 6.03 Å². The van der Waals surface area contributed by atoms with Gasteiger partial charge in [-0.2, -0.15) is 0 Å². The van der Waals surface area contributed by atoms with Crippen LogP contribution in [0.1, 0.15) is 12.8 Å². The summed E-state index contributed by atoms with van der Waals surface area (Å²) in [7, 11) is 1.66. The molecule has 2 rings (SSSR count). The molecule has 1 fully saturated rings. The van der Waals surface area contributed by atoms with Crippen LogP contribution in [0.3, 0.4) is 0 Å². The fraction of sp³-hybridized carbons (Fsp3) is 0.462. The first-order valence-corrected chi connectivity index (χ1v) is 6.14. The zero-order valence-corrected chi connectivity index (χ0v) is 10.6. The lowest BCUT2D eigenvalue weighted by molar-refractivity contribution is 0.193. The van der Waals surface area contributed by atoms with Crippen LogP contribution in [0.25, 0.3) is 0 Å². The van der Waals surface area contributed by atoms with E-state index in [2.05, 4.69) is 5.32 Å². The lowest BCUT2D eigenvalue weighted by Crippen LogP contribution is -2.44. The summed E-state index contributed by atoms with van der Waals surface area (Å²) in [5, 5.41) is 3.46. The first-order chi connectivity index (χ1) is 8.69. The van der Waals surface area contributed by atoms with E-state index in [1.807, 2.05) is 24.3 Å². The van der Waals surface area contributed by atoms with E-state index in [1.54, 1.807) is 12.0 Å². The first-order valence-electron chi connectivity index (χ1n) is 6.14. The number of carbonyl (C=O) groups is 1. The van der Waals surface area contributed by atoms with Gasteiger partial charge in [0.1, 0.15) is 5.75 Å². The topological polar surface area (TPSA) is 67.6 Å². The molecule has 1 aromatic rings. The number of urea groups is 1. The molecule has 5 nitrogen and oxygen atoms in total. The molecule has 0 aliphatic carbocycles. The van der Waals surface area contributed by atoms with Gasteiger partial charge < -0.3 is 20.7 Å². The van der Waals surface area contributed by atoms with Gasteiger partial charge in [0.25, 0.3) is 0 Å². The first kappa shape index (κ1) is 12.5. The SMILES string of the molecule is COc1cccc(NC2CCN(C(N)=O)CC2)c1. The Labute approximate surface area is 107 Å². The highest BCUT2D eigenvalue weighted by Crippen LogP contribution is 2.20. The van der Waals surface area contributed by atoms with E-state index in [-0.39, 0.29) is 6.03 Å². The Morgan fingerprint density at radius 3 is 2.78 bits per heavy atom. The number of rotatable bonds is 3. The number of ether oxygens (including phenoxy) is 1. The number of primary amides is 1. The number of hydrogen-bond donors (Lipinski definition) is 2. The Bertz CT molecular complexity index is 414. The number of carbonyl (C=O) groups excluding carboxylic acids is 1. The molecular weight excluding hydrogens is 230 g/mol. The van der Waals surface area contributed by atoms with Gasteiger partial charge in [0.2, 0.25) is 0 Å². The molecule has 0 saturated carbocycles. The standard InChI is InChI=1S/C13H19N3O2/c1-18-12-4-2-3-11(9-12)15-10-5-7-16(8-6-10)13(14)17/h2-4,9-10,15H,5-8H2,1H3,(H2,14,17). The monoisotopic (exact) mass is 249 g/mol. The molecule has 1 saturated heterocycles. The Kier molecular flexibility index (Phi) is 3.92. The lowest BCUT2D eigenvalue weighted by atomic mass is 10.0. The highest BCUT2D eigenvalue weighted by Gasteiger charge is 2.20. The van der Waals surface area contributed by atoms with Crippen LogP contribution in [-0.2, 0) is 0 Å². The van der Waals surface area contributed by atoms with Crippen LogP contribution in [0, 0.1) is 0 Å². The average molecular weight is 249 g/mol. The van der Waals surface area contributed by atoms with Crippen LogP contribution < -0.4 is 15.8 Å². The third kappa shape index (κ3) is 3.06. The zero-order chi connectivity index (χ0) is 13.0. The molecule has 1 aliphatic heterocycles. The molecular formula is C13H19N3O2.